The van der Waals surface area contributed by atoms with E-state index in [1.54, 1.807) is 32.7 Å². The monoisotopic (exact) mass is 830 g/mol. The first kappa shape index (κ1) is 44.3. The summed E-state index contributed by atoms with van der Waals surface area (Å²) in [6.45, 7) is 13.5. The van der Waals surface area contributed by atoms with Gasteiger partial charge in [-0.2, -0.15) is 0 Å². The summed E-state index contributed by atoms with van der Waals surface area (Å²) in [7, 11) is 7.16. The smallest absolute Gasteiger partial charge is 0.306 e. The fraction of sp³-hybridized carbons (Fsp3) is 0.844. The number of aryl methyl sites for hydroxylation is 1. The van der Waals surface area contributed by atoms with Crippen LogP contribution >= 0.6 is 11.3 Å². The van der Waals surface area contributed by atoms with Crippen LogP contribution in [0.1, 0.15) is 126 Å². The molecule has 0 radical (unpaired) electrons. The van der Waals surface area contributed by atoms with E-state index in [9.17, 15) is 4.79 Å². The van der Waals surface area contributed by atoms with Gasteiger partial charge in [0.2, 0.25) is 0 Å². The van der Waals surface area contributed by atoms with Crippen LogP contribution in [0.4, 0.5) is 0 Å². The van der Waals surface area contributed by atoms with Crippen LogP contribution in [0, 0.1) is 30.6 Å². The number of likely N-dealkylation sites (N-methyl/N-ethyl adjacent to an activating group) is 1. The number of ether oxygens (including phenoxy) is 8. The number of carbonyl (C=O) groups excluding carboxylic acids is 2. The standard InChI is InChI=1S/C45H70N2O10S/c1-11-18-47(7)34-16-17-37(53-24(34)4)57-35-15-13-14-27(12-2)55-36(48)22-31-32(40(49)23(35)3)21-30-29-19-28(20-33(29)44-39(38(30)31)46-26(6)58-44)56-45-43(52-10)42(51-9)41(50-8)25(5)54-45/h21,23-25,27-31,33-35,37-38,41-43,45H,11-20,22H2,1-10H3/t23-,24?,25-,27+,28+,29+,30+,31-,33-,34+,35+,37+,38-,41+,42?,43?,45+/m1/s1. The van der Waals surface area contributed by atoms with E-state index in [4.69, 9.17) is 42.9 Å². The van der Waals surface area contributed by atoms with Crippen molar-refractivity contribution >= 4 is 23.1 Å². The maximum absolute atomic E-state index is 15.0. The summed E-state index contributed by atoms with van der Waals surface area (Å²) >= 11 is 1.75. The zero-order valence-corrected chi connectivity index (χ0v) is 37.4. The molecule has 13 heteroatoms. The lowest BCUT2D eigenvalue weighted by atomic mass is 9.67. The summed E-state index contributed by atoms with van der Waals surface area (Å²) < 4.78 is 50.4. The topological polar surface area (TPSA) is 124 Å². The number of rotatable bonds is 11. The summed E-state index contributed by atoms with van der Waals surface area (Å²) in [5.74, 6) is -0.563. The number of methoxy groups -OCH3 is 3. The Kier molecular flexibility index (Phi) is 14.5. The molecule has 3 aliphatic carbocycles. The van der Waals surface area contributed by atoms with Gasteiger partial charge in [0.15, 0.2) is 18.4 Å². The van der Waals surface area contributed by atoms with Crippen molar-refractivity contribution in [3.8, 4) is 0 Å². The van der Waals surface area contributed by atoms with Crippen molar-refractivity contribution in [3.05, 3.63) is 27.2 Å². The second-order valence-electron chi connectivity index (χ2n) is 18.0. The minimum Gasteiger partial charge on any atom is -0.462 e. The zero-order valence-electron chi connectivity index (χ0n) is 36.6. The van der Waals surface area contributed by atoms with Gasteiger partial charge < -0.3 is 42.8 Å². The molecule has 12 nitrogen and oxygen atoms in total. The number of hydrogen-bond acceptors (Lipinski definition) is 13. The van der Waals surface area contributed by atoms with Crippen molar-refractivity contribution < 1.29 is 47.5 Å². The third kappa shape index (κ3) is 8.77. The summed E-state index contributed by atoms with van der Waals surface area (Å²) in [5, 5.41) is 0.999. The van der Waals surface area contributed by atoms with Crippen molar-refractivity contribution in [3.63, 3.8) is 0 Å². The first-order valence-corrected chi connectivity index (χ1v) is 23.1. The molecule has 0 aromatic carbocycles. The van der Waals surface area contributed by atoms with Crippen LogP contribution in [0.2, 0.25) is 0 Å². The van der Waals surface area contributed by atoms with Crippen molar-refractivity contribution in [2.24, 2.45) is 23.7 Å². The molecule has 0 amide bonds. The molecule has 1 aromatic heterocycles. The van der Waals surface area contributed by atoms with Crippen molar-refractivity contribution in [1.82, 2.24) is 9.88 Å². The Morgan fingerprint density at radius 3 is 2.34 bits per heavy atom. The van der Waals surface area contributed by atoms with E-state index in [1.807, 2.05) is 13.8 Å². The van der Waals surface area contributed by atoms with Crippen molar-refractivity contribution in [2.75, 3.05) is 34.9 Å². The van der Waals surface area contributed by atoms with Gasteiger partial charge in [-0.3, -0.25) is 9.59 Å². The number of thiazole rings is 1. The fourth-order valence-electron chi connectivity index (χ4n) is 11.6. The highest BCUT2D eigenvalue weighted by Crippen LogP contribution is 2.62. The molecular formula is C45H70N2O10S. The molecule has 0 N–H and O–H groups in total. The molecule has 3 unspecified atom stereocenters. The third-order valence-corrected chi connectivity index (χ3v) is 15.6. The van der Waals surface area contributed by atoms with E-state index < -0.39 is 18.3 Å². The molecule has 7 rings (SSSR count). The number of carbonyl (C=O) groups is 2. The van der Waals surface area contributed by atoms with E-state index in [-0.39, 0.29) is 96.8 Å². The molecule has 3 saturated heterocycles. The van der Waals surface area contributed by atoms with Crippen LogP contribution in [0.15, 0.2) is 11.6 Å². The molecule has 0 spiro atoms. The molecule has 4 fully saturated rings. The molecular weight excluding hydrogens is 761 g/mol. The molecule has 0 bridgehead atoms. The molecule has 4 heterocycles. The zero-order chi connectivity index (χ0) is 41.4. The summed E-state index contributed by atoms with van der Waals surface area (Å²) in [6.07, 6.45) is 6.89. The lowest BCUT2D eigenvalue weighted by Gasteiger charge is -2.44. The molecule has 58 heavy (non-hydrogen) atoms. The number of nitrogens with zero attached hydrogens (tertiary/aromatic N) is 2. The number of allylic oxidation sites excluding steroid dienone is 2. The van der Waals surface area contributed by atoms with Gasteiger partial charge in [0, 0.05) is 55.9 Å². The van der Waals surface area contributed by atoms with Gasteiger partial charge in [-0.1, -0.05) is 26.8 Å². The number of cyclic esters (lactones) is 1. The lowest BCUT2D eigenvalue weighted by molar-refractivity contribution is -0.314. The number of Topliss-reactive ketones (excluding diaryl/α,β-unsaturated/α-hetero) is 1. The van der Waals surface area contributed by atoms with E-state index in [0.29, 0.717) is 12.5 Å². The van der Waals surface area contributed by atoms with E-state index in [0.717, 1.165) is 74.2 Å². The average Bonchev–Trinajstić information content (AvgIpc) is 3.90. The van der Waals surface area contributed by atoms with Gasteiger partial charge in [-0.25, -0.2) is 4.98 Å². The minimum absolute atomic E-state index is 0.0246. The normalized spacial score (nSPS) is 42.1. The van der Waals surface area contributed by atoms with E-state index in [2.05, 4.69) is 45.7 Å². The first-order valence-electron chi connectivity index (χ1n) is 22.2. The Labute approximate surface area is 350 Å². The van der Waals surface area contributed by atoms with E-state index >= 15 is 4.79 Å². The Hall–Kier alpha value is -1.81. The van der Waals surface area contributed by atoms with Crippen LogP contribution in [-0.2, 0) is 47.5 Å². The summed E-state index contributed by atoms with van der Waals surface area (Å²) in [5.41, 5.74) is 1.78. The first-order chi connectivity index (χ1) is 27.9. The van der Waals surface area contributed by atoms with E-state index in [1.165, 1.54) is 4.88 Å². The Morgan fingerprint density at radius 2 is 1.66 bits per heavy atom. The highest BCUT2D eigenvalue weighted by molar-refractivity contribution is 7.11. The SMILES string of the molecule is CCCN(C)[C@H]1CC[C@H](O[C@H]2CCC[C@H](CC)OC(=O)C[C@@H]3C(=C[C@H]4[C@@H]5C[C@H](O[C@@H]6O[C@H](C)[C@H](OC)C(OC)C6OC)C[C@H]5c5sc(C)nc5[C@H]43)C(=O)[C@@H]2C)OC1C. The minimum atomic E-state index is -0.628. The van der Waals surface area contributed by atoms with Crippen LogP contribution < -0.4 is 0 Å². The summed E-state index contributed by atoms with van der Waals surface area (Å²) in [6, 6.07) is 0.344. The lowest BCUT2D eigenvalue weighted by Crippen LogP contribution is -2.59. The second kappa shape index (κ2) is 19.1. The largest absolute Gasteiger partial charge is 0.462 e. The number of esters is 1. The number of aromatic nitrogens is 1. The predicted molar refractivity (Wildman–Crippen MR) is 220 cm³/mol. The van der Waals surface area contributed by atoms with Gasteiger partial charge in [-0.05, 0) is 110 Å². The maximum atomic E-state index is 15.0. The van der Waals surface area contributed by atoms with Crippen LogP contribution in [0.3, 0.4) is 0 Å². The Balaban J connectivity index is 1.16. The van der Waals surface area contributed by atoms with Gasteiger partial charge in [0.1, 0.15) is 24.4 Å². The number of ketones is 1. The Bertz CT molecular complexity index is 1600. The highest BCUT2D eigenvalue weighted by Gasteiger charge is 2.57. The molecule has 1 saturated carbocycles. The fourth-order valence-corrected chi connectivity index (χ4v) is 12.8. The van der Waals surface area contributed by atoms with Gasteiger partial charge >= 0.3 is 5.97 Å². The highest BCUT2D eigenvalue weighted by atomic mass is 32.1. The average molecular weight is 831 g/mol. The molecule has 6 aliphatic rings. The quantitative estimate of drug-likeness (QED) is 0.211. The van der Waals surface area contributed by atoms with Gasteiger partial charge in [-0.15, -0.1) is 11.3 Å². The maximum Gasteiger partial charge on any atom is 0.306 e. The third-order valence-electron chi connectivity index (χ3n) is 14.5. The van der Waals surface area contributed by atoms with Gasteiger partial charge in [0.25, 0.3) is 0 Å². The van der Waals surface area contributed by atoms with Gasteiger partial charge in [0.05, 0.1) is 41.5 Å². The van der Waals surface area contributed by atoms with Crippen molar-refractivity contribution in [2.45, 2.75) is 185 Å². The molecule has 17 atom stereocenters. The summed E-state index contributed by atoms with van der Waals surface area (Å²) in [4.78, 5) is 37.7. The second-order valence-corrected chi connectivity index (χ2v) is 19.2. The Morgan fingerprint density at radius 1 is 0.897 bits per heavy atom. The molecule has 1 aromatic rings. The van der Waals surface area contributed by atoms with Crippen LogP contribution in [-0.4, -0.2) is 124 Å². The van der Waals surface area contributed by atoms with Crippen molar-refractivity contribution in [1.29, 1.82) is 0 Å². The molecule has 3 aliphatic heterocycles. The van der Waals surface area contributed by atoms with Crippen LogP contribution in [0.25, 0.3) is 0 Å². The number of hydrogen-bond donors (Lipinski definition) is 0. The number of fused-ring (bicyclic) bond motifs is 8. The molecule has 326 valence electrons. The van der Waals surface area contributed by atoms with Crippen LogP contribution in [0.5, 0.6) is 0 Å². The predicted octanol–water partition coefficient (Wildman–Crippen LogP) is 7.11.